The van der Waals surface area contributed by atoms with Gasteiger partial charge in [0.1, 0.15) is 11.9 Å². The standard InChI is InChI=1S/C28H39NO4/c30-27(33-26-10-5-7-19-6-1-2-8-22(19)26)32-18-31-21-12-11-20-16-25-23-9-3-4-13-28(23,14-15-29-25)24(20)17-21/h11-12,17,19,22-23,25-26,29H,1-10,13-16,18H2/t19?,22?,23-,25+,26?,28+/m0/s1. The van der Waals surface area contributed by atoms with Crippen LogP contribution in [0.2, 0.25) is 0 Å². The molecule has 0 aromatic heterocycles. The van der Waals surface area contributed by atoms with Crippen molar-refractivity contribution in [3.8, 4) is 5.75 Å². The zero-order valence-corrected chi connectivity index (χ0v) is 19.9. The second kappa shape index (κ2) is 9.13. The van der Waals surface area contributed by atoms with Crippen molar-refractivity contribution >= 4 is 6.16 Å². The lowest BCUT2D eigenvalue weighted by Crippen LogP contribution is -2.59. The van der Waals surface area contributed by atoms with Crippen molar-refractivity contribution < 1.29 is 19.0 Å². The zero-order valence-electron chi connectivity index (χ0n) is 19.9. The Balaban J connectivity index is 1.08. The highest BCUT2D eigenvalue weighted by atomic mass is 16.8. The van der Waals surface area contributed by atoms with Gasteiger partial charge in [0.05, 0.1) is 0 Å². The number of hydrogen-bond donors (Lipinski definition) is 1. The van der Waals surface area contributed by atoms with Crippen LogP contribution < -0.4 is 10.1 Å². The van der Waals surface area contributed by atoms with Crippen molar-refractivity contribution in [3.63, 3.8) is 0 Å². The van der Waals surface area contributed by atoms with Gasteiger partial charge in [-0.3, -0.25) is 0 Å². The molecular weight excluding hydrogens is 414 g/mol. The third-order valence-electron chi connectivity index (χ3n) is 9.78. The number of carbonyl (C=O) groups is 1. The smallest absolute Gasteiger partial charge is 0.457 e. The molecule has 0 radical (unpaired) electrons. The first-order valence-electron chi connectivity index (χ1n) is 13.6. The topological polar surface area (TPSA) is 56.8 Å². The molecule has 0 amide bonds. The largest absolute Gasteiger partial charge is 0.511 e. The predicted molar refractivity (Wildman–Crippen MR) is 126 cm³/mol. The Kier molecular flexibility index (Phi) is 6.02. The summed E-state index contributed by atoms with van der Waals surface area (Å²) in [7, 11) is 0. The summed E-state index contributed by atoms with van der Waals surface area (Å²) >= 11 is 0. The second-order valence-corrected chi connectivity index (χ2v) is 11.3. The average molecular weight is 454 g/mol. The molecular formula is C28H39NO4. The van der Waals surface area contributed by atoms with E-state index in [-0.39, 0.29) is 12.9 Å². The van der Waals surface area contributed by atoms with Gasteiger partial charge in [-0.2, -0.15) is 0 Å². The van der Waals surface area contributed by atoms with Crippen LogP contribution in [0.3, 0.4) is 0 Å². The van der Waals surface area contributed by atoms with Gasteiger partial charge in [-0.15, -0.1) is 0 Å². The van der Waals surface area contributed by atoms with Gasteiger partial charge in [0.15, 0.2) is 0 Å². The van der Waals surface area contributed by atoms with E-state index < -0.39 is 6.16 Å². The first-order valence-corrected chi connectivity index (χ1v) is 13.6. The van der Waals surface area contributed by atoms with Crippen LogP contribution in [0.4, 0.5) is 4.79 Å². The van der Waals surface area contributed by atoms with Crippen LogP contribution in [0.15, 0.2) is 18.2 Å². The normalized spacial score (nSPS) is 37.2. The Morgan fingerprint density at radius 2 is 1.88 bits per heavy atom. The fourth-order valence-corrected chi connectivity index (χ4v) is 8.32. The van der Waals surface area contributed by atoms with Gasteiger partial charge in [0, 0.05) is 11.5 Å². The molecule has 1 saturated heterocycles. The van der Waals surface area contributed by atoms with Crippen LogP contribution in [-0.4, -0.2) is 31.6 Å². The second-order valence-electron chi connectivity index (χ2n) is 11.3. The van der Waals surface area contributed by atoms with Crippen LogP contribution in [-0.2, 0) is 21.3 Å². The van der Waals surface area contributed by atoms with E-state index in [0.29, 0.717) is 17.4 Å². The molecule has 1 aromatic carbocycles. The molecule has 6 atom stereocenters. The Morgan fingerprint density at radius 1 is 1.00 bits per heavy atom. The lowest BCUT2D eigenvalue weighted by Gasteiger charge is -2.56. The first-order chi connectivity index (χ1) is 16.2. The molecule has 3 unspecified atom stereocenters. The summed E-state index contributed by atoms with van der Waals surface area (Å²) in [6, 6.07) is 7.15. The van der Waals surface area contributed by atoms with Gasteiger partial charge in [-0.05, 0) is 98.9 Å². The third kappa shape index (κ3) is 4.05. The van der Waals surface area contributed by atoms with Crippen molar-refractivity contribution in [1.82, 2.24) is 5.32 Å². The van der Waals surface area contributed by atoms with Gasteiger partial charge < -0.3 is 19.5 Å². The van der Waals surface area contributed by atoms with Crippen molar-refractivity contribution in [3.05, 3.63) is 29.3 Å². The molecule has 4 fully saturated rings. The minimum Gasteiger partial charge on any atom is -0.457 e. The third-order valence-corrected chi connectivity index (χ3v) is 9.78. The van der Waals surface area contributed by atoms with Crippen LogP contribution in [0.5, 0.6) is 5.75 Å². The van der Waals surface area contributed by atoms with Crippen LogP contribution in [0.25, 0.3) is 0 Å². The summed E-state index contributed by atoms with van der Waals surface area (Å²) in [6.07, 6.45) is 15.6. The number of piperidine rings is 1. The van der Waals surface area contributed by atoms with E-state index in [1.807, 2.05) is 6.07 Å². The van der Waals surface area contributed by atoms with Crippen molar-refractivity contribution in [2.75, 3.05) is 13.3 Å². The van der Waals surface area contributed by atoms with Gasteiger partial charge in [-0.25, -0.2) is 4.79 Å². The Hall–Kier alpha value is -1.75. The number of fused-ring (bicyclic) bond motifs is 2. The monoisotopic (exact) mass is 453 g/mol. The van der Waals surface area contributed by atoms with E-state index in [4.69, 9.17) is 14.2 Å². The number of nitrogens with one attached hydrogen (secondary N) is 1. The molecule has 33 heavy (non-hydrogen) atoms. The van der Waals surface area contributed by atoms with Crippen LogP contribution in [0.1, 0.15) is 88.2 Å². The van der Waals surface area contributed by atoms with Gasteiger partial charge in [0.25, 0.3) is 0 Å². The minimum atomic E-state index is -0.573. The van der Waals surface area contributed by atoms with Gasteiger partial charge in [0.2, 0.25) is 6.79 Å². The molecule has 5 heteroatoms. The fourth-order valence-electron chi connectivity index (χ4n) is 8.32. The molecule has 3 saturated carbocycles. The van der Waals surface area contributed by atoms with E-state index in [2.05, 4.69) is 17.4 Å². The summed E-state index contributed by atoms with van der Waals surface area (Å²) < 4.78 is 17.0. The van der Waals surface area contributed by atoms with Gasteiger partial charge >= 0.3 is 6.16 Å². The number of hydrogen-bond acceptors (Lipinski definition) is 5. The summed E-state index contributed by atoms with van der Waals surface area (Å²) in [5.74, 6) is 2.81. The number of benzene rings is 1. The molecule has 1 aromatic rings. The van der Waals surface area contributed by atoms with Crippen LogP contribution in [0, 0.1) is 17.8 Å². The Labute approximate surface area is 197 Å². The van der Waals surface area contributed by atoms with E-state index in [1.165, 1.54) is 75.3 Å². The summed E-state index contributed by atoms with van der Waals surface area (Å²) in [5, 5.41) is 3.79. The molecule has 1 N–H and O–H groups in total. The molecule has 1 aliphatic heterocycles. The zero-order chi connectivity index (χ0) is 22.3. The van der Waals surface area contributed by atoms with E-state index in [0.717, 1.165) is 43.4 Å². The number of carbonyl (C=O) groups excluding carboxylic acids is 1. The van der Waals surface area contributed by atoms with E-state index >= 15 is 0 Å². The number of rotatable bonds is 4. The highest BCUT2D eigenvalue weighted by molar-refractivity contribution is 5.60. The molecule has 5 aliphatic rings. The number of ether oxygens (including phenoxy) is 3. The first kappa shape index (κ1) is 21.8. The van der Waals surface area contributed by atoms with E-state index in [1.54, 1.807) is 0 Å². The molecule has 4 aliphatic carbocycles. The van der Waals surface area contributed by atoms with Crippen molar-refractivity contribution in [1.29, 1.82) is 0 Å². The average Bonchev–Trinajstić information content (AvgIpc) is 2.84. The van der Waals surface area contributed by atoms with Crippen molar-refractivity contribution in [2.45, 2.75) is 101 Å². The van der Waals surface area contributed by atoms with Gasteiger partial charge in [-0.1, -0.05) is 38.2 Å². The maximum absolute atomic E-state index is 12.4. The lowest BCUT2D eigenvalue weighted by atomic mass is 9.53. The maximum atomic E-state index is 12.4. The Bertz CT molecular complexity index is 865. The molecule has 6 rings (SSSR count). The fraction of sp³-hybridized carbons (Fsp3) is 0.750. The minimum absolute atomic E-state index is 0.0236. The van der Waals surface area contributed by atoms with Crippen molar-refractivity contribution in [2.24, 2.45) is 17.8 Å². The highest BCUT2D eigenvalue weighted by Crippen LogP contribution is 2.54. The molecule has 0 spiro atoms. The summed E-state index contributed by atoms with van der Waals surface area (Å²) in [6.45, 7) is 1.03. The maximum Gasteiger partial charge on any atom is 0.511 e. The quantitative estimate of drug-likeness (QED) is 0.456. The molecule has 180 valence electrons. The summed E-state index contributed by atoms with van der Waals surface area (Å²) in [5.41, 5.74) is 3.27. The predicted octanol–water partition coefficient (Wildman–Crippen LogP) is 5.88. The van der Waals surface area contributed by atoms with Crippen LogP contribution >= 0.6 is 0 Å². The Morgan fingerprint density at radius 3 is 2.85 bits per heavy atom. The lowest BCUT2D eigenvalue weighted by molar-refractivity contribution is -0.0562. The van der Waals surface area contributed by atoms with E-state index in [9.17, 15) is 4.79 Å². The molecule has 2 bridgehead atoms. The molecule has 5 nitrogen and oxygen atoms in total. The summed E-state index contributed by atoms with van der Waals surface area (Å²) in [4.78, 5) is 12.4. The highest BCUT2D eigenvalue weighted by Gasteiger charge is 2.51. The SMILES string of the molecule is O=C(OCOc1ccc2c(c1)[C@@]13CCCC[C@H]1[C@@H](C2)NCC3)OC1CCCC2CCCCC21. The molecule has 1 heterocycles.